The van der Waals surface area contributed by atoms with Gasteiger partial charge in [-0.3, -0.25) is 4.79 Å². The van der Waals surface area contributed by atoms with E-state index in [1.807, 2.05) is 29.8 Å². The Bertz CT molecular complexity index is 1190. The number of pyridine rings is 1. The smallest absolute Gasteiger partial charge is 0.234 e. The van der Waals surface area contributed by atoms with E-state index < -0.39 is 0 Å². The fraction of sp³-hybridized carbons (Fsp3) is 0.143. The minimum Gasteiger partial charge on any atom is -0.323 e. The number of amides is 1. The summed E-state index contributed by atoms with van der Waals surface area (Å²) in [6.07, 6.45) is 1.57. The molecule has 0 atom stereocenters. The number of nitrogens with zero attached hydrogens (tertiary/aromatic N) is 4. The quantitative estimate of drug-likeness (QED) is 0.315. The molecule has 0 saturated carbocycles. The van der Waals surface area contributed by atoms with E-state index in [0.29, 0.717) is 10.8 Å². The summed E-state index contributed by atoms with van der Waals surface area (Å²) in [5, 5.41) is 14.5. The summed E-state index contributed by atoms with van der Waals surface area (Å²) in [6, 6.07) is 13.7. The van der Waals surface area contributed by atoms with Gasteiger partial charge in [-0.25, -0.2) is 4.98 Å². The molecule has 0 spiro atoms. The van der Waals surface area contributed by atoms with Crippen LogP contribution in [0.4, 0.5) is 5.69 Å². The predicted octanol–water partition coefficient (Wildman–Crippen LogP) is 5.30. The summed E-state index contributed by atoms with van der Waals surface area (Å²) in [6.45, 7) is 2.11. The van der Waals surface area contributed by atoms with Crippen LogP contribution < -0.4 is 5.32 Å². The summed E-state index contributed by atoms with van der Waals surface area (Å²) in [4.78, 5) is 17.5. The first-order chi connectivity index (χ1) is 14.5. The monoisotopic (exact) mass is 455 g/mol. The maximum absolute atomic E-state index is 12.3. The predicted molar refractivity (Wildman–Crippen MR) is 123 cm³/mol. The van der Waals surface area contributed by atoms with Crippen molar-refractivity contribution in [3.05, 3.63) is 64.1 Å². The van der Waals surface area contributed by atoms with Crippen molar-refractivity contribution in [1.82, 2.24) is 19.7 Å². The Morgan fingerprint density at radius 1 is 1.20 bits per heavy atom. The van der Waals surface area contributed by atoms with Crippen LogP contribution in [-0.2, 0) is 11.8 Å². The van der Waals surface area contributed by atoms with Gasteiger partial charge in [-0.1, -0.05) is 53.7 Å². The van der Waals surface area contributed by atoms with Crippen LogP contribution >= 0.6 is 34.7 Å². The second kappa shape index (κ2) is 8.99. The zero-order valence-corrected chi connectivity index (χ0v) is 18.7. The van der Waals surface area contributed by atoms with Gasteiger partial charge >= 0.3 is 0 Å². The highest BCUT2D eigenvalue weighted by Crippen LogP contribution is 2.38. The van der Waals surface area contributed by atoms with Crippen LogP contribution in [0, 0.1) is 6.92 Å². The zero-order chi connectivity index (χ0) is 21.1. The summed E-state index contributed by atoms with van der Waals surface area (Å²) in [5.74, 6) is 0.776. The Morgan fingerprint density at radius 3 is 2.77 bits per heavy atom. The number of carbonyl (C=O) groups excluding carboxylic acids is 1. The zero-order valence-electron chi connectivity index (χ0n) is 16.3. The molecule has 0 aliphatic heterocycles. The van der Waals surface area contributed by atoms with E-state index in [1.54, 1.807) is 29.7 Å². The minimum absolute atomic E-state index is 0.184. The lowest BCUT2D eigenvalue weighted by Gasteiger charge is -2.08. The number of halogens is 1. The molecule has 4 rings (SSSR count). The van der Waals surface area contributed by atoms with Gasteiger partial charge in [0.25, 0.3) is 0 Å². The van der Waals surface area contributed by atoms with Crippen LogP contribution in [0.25, 0.3) is 22.5 Å². The van der Waals surface area contributed by atoms with Crippen LogP contribution in [0.3, 0.4) is 0 Å². The first-order valence-electron chi connectivity index (χ1n) is 9.11. The van der Waals surface area contributed by atoms with E-state index in [0.717, 1.165) is 22.5 Å². The number of hydrogen-bond acceptors (Lipinski definition) is 6. The minimum atomic E-state index is -0.184. The van der Waals surface area contributed by atoms with Crippen molar-refractivity contribution in [2.75, 3.05) is 11.1 Å². The maximum atomic E-state index is 12.3. The number of aryl methyl sites for hydroxylation is 1. The van der Waals surface area contributed by atoms with E-state index in [4.69, 9.17) is 11.6 Å². The number of rotatable bonds is 6. The molecule has 4 aromatic rings. The van der Waals surface area contributed by atoms with Gasteiger partial charge in [0.1, 0.15) is 0 Å². The SMILES string of the molecule is Cc1scc(-c2nnc(SCC(=O)Nc3cccnc3Cl)n2C)c1-c1ccccc1. The molecule has 9 heteroatoms. The lowest BCUT2D eigenvalue weighted by Crippen LogP contribution is -2.15. The number of anilines is 1. The second-order valence-corrected chi connectivity index (χ2v) is 8.87. The molecule has 30 heavy (non-hydrogen) atoms. The molecule has 0 unspecified atom stereocenters. The van der Waals surface area contributed by atoms with E-state index >= 15 is 0 Å². The number of carbonyl (C=O) groups is 1. The molecular weight excluding hydrogens is 438 g/mol. The van der Waals surface area contributed by atoms with Gasteiger partial charge in [-0.2, -0.15) is 0 Å². The molecule has 0 radical (unpaired) electrons. The Labute approximate surface area is 187 Å². The Hall–Kier alpha value is -2.68. The van der Waals surface area contributed by atoms with Gasteiger partial charge in [0, 0.05) is 34.6 Å². The molecule has 0 aliphatic carbocycles. The van der Waals surface area contributed by atoms with Crippen molar-refractivity contribution in [2.45, 2.75) is 12.1 Å². The Balaban J connectivity index is 1.52. The lowest BCUT2D eigenvalue weighted by molar-refractivity contribution is -0.113. The van der Waals surface area contributed by atoms with Gasteiger partial charge in [0.2, 0.25) is 5.91 Å². The first kappa shape index (κ1) is 20.6. The molecule has 0 fully saturated rings. The molecule has 152 valence electrons. The average molecular weight is 456 g/mol. The van der Waals surface area contributed by atoms with Crippen molar-refractivity contribution in [3.63, 3.8) is 0 Å². The molecule has 0 aliphatic rings. The van der Waals surface area contributed by atoms with Gasteiger partial charge in [-0.05, 0) is 24.6 Å². The number of aromatic nitrogens is 4. The van der Waals surface area contributed by atoms with E-state index in [2.05, 4.69) is 44.9 Å². The van der Waals surface area contributed by atoms with E-state index in [9.17, 15) is 4.79 Å². The molecule has 3 aromatic heterocycles. The molecular formula is C21H18ClN5OS2. The number of nitrogens with one attached hydrogen (secondary N) is 1. The average Bonchev–Trinajstić information content (AvgIpc) is 3.31. The van der Waals surface area contributed by atoms with Crippen LogP contribution in [0.5, 0.6) is 0 Å². The van der Waals surface area contributed by atoms with E-state index in [1.165, 1.54) is 16.6 Å². The third-order valence-corrected chi connectivity index (χ3v) is 6.71. The Morgan fingerprint density at radius 2 is 2.00 bits per heavy atom. The van der Waals surface area contributed by atoms with Gasteiger partial charge in [-0.15, -0.1) is 21.5 Å². The second-order valence-electron chi connectivity index (χ2n) is 6.49. The maximum Gasteiger partial charge on any atom is 0.234 e. The highest BCUT2D eigenvalue weighted by Gasteiger charge is 2.19. The van der Waals surface area contributed by atoms with Gasteiger partial charge < -0.3 is 9.88 Å². The molecule has 3 heterocycles. The molecule has 0 bridgehead atoms. The molecule has 1 N–H and O–H groups in total. The van der Waals surface area contributed by atoms with Crippen molar-refractivity contribution in [3.8, 4) is 22.5 Å². The number of thioether (sulfide) groups is 1. The van der Waals surface area contributed by atoms with Crippen molar-refractivity contribution in [2.24, 2.45) is 7.05 Å². The molecule has 0 saturated heterocycles. The van der Waals surface area contributed by atoms with Crippen LogP contribution in [0.2, 0.25) is 5.15 Å². The van der Waals surface area contributed by atoms with Gasteiger partial charge in [0.15, 0.2) is 16.1 Å². The summed E-state index contributed by atoms with van der Waals surface area (Å²) in [5.41, 5.74) is 3.84. The highest BCUT2D eigenvalue weighted by atomic mass is 35.5. The topological polar surface area (TPSA) is 72.7 Å². The summed E-state index contributed by atoms with van der Waals surface area (Å²) in [7, 11) is 1.91. The number of hydrogen-bond donors (Lipinski definition) is 1. The van der Waals surface area contributed by atoms with Crippen molar-refractivity contribution in [1.29, 1.82) is 0 Å². The highest BCUT2D eigenvalue weighted by molar-refractivity contribution is 7.99. The number of benzene rings is 1. The van der Waals surface area contributed by atoms with Crippen LogP contribution in [0.15, 0.2) is 59.2 Å². The normalized spacial score (nSPS) is 10.9. The fourth-order valence-corrected chi connectivity index (χ4v) is 4.79. The first-order valence-corrected chi connectivity index (χ1v) is 11.4. The van der Waals surface area contributed by atoms with Crippen LogP contribution in [0.1, 0.15) is 4.88 Å². The van der Waals surface area contributed by atoms with Gasteiger partial charge in [0.05, 0.1) is 11.4 Å². The third kappa shape index (κ3) is 4.26. The fourth-order valence-electron chi connectivity index (χ4n) is 3.05. The number of thiophene rings is 1. The standard InChI is InChI=1S/C21H18ClN5OS2/c1-13-18(14-7-4-3-5-8-14)15(11-29-13)20-25-26-21(27(20)2)30-12-17(28)24-16-9-6-10-23-19(16)22/h3-11H,12H2,1-2H3,(H,24,28). The largest absolute Gasteiger partial charge is 0.323 e. The van der Waals surface area contributed by atoms with Crippen molar-refractivity contribution < 1.29 is 4.79 Å². The molecule has 6 nitrogen and oxygen atoms in total. The Kier molecular flexibility index (Phi) is 6.17. The third-order valence-electron chi connectivity index (χ3n) is 4.48. The summed E-state index contributed by atoms with van der Waals surface area (Å²) >= 11 is 9.00. The van der Waals surface area contributed by atoms with E-state index in [-0.39, 0.29) is 16.8 Å². The molecule has 1 amide bonds. The lowest BCUT2D eigenvalue weighted by atomic mass is 10.0. The van der Waals surface area contributed by atoms with Crippen molar-refractivity contribution >= 4 is 46.3 Å². The summed E-state index contributed by atoms with van der Waals surface area (Å²) < 4.78 is 1.92. The van der Waals surface area contributed by atoms with Crippen LogP contribution in [-0.4, -0.2) is 31.4 Å². The molecule has 1 aromatic carbocycles.